The van der Waals surface area contributed by atoms with Gasteiger partial charge in [0, 0.05) is 11.6 Å². The molecule has 4 nitrogen and oxygen atoms in total. The van der Waals surface area contributed by atoms with E-state index in [0.29, 0.717) is 17.4 Å². The lowest BCUT2D eigenvalue weighted by Crippen LogP contribution is -2.41. The van der Waals surface area contributed by atoms with E-state index in [2.05, 4.69) is 0 Å². The molecule has 3 rings (SSSR count). The Hall–Kier alpha value is -1.97. The Morgan fingerprint density at radius 2 is 1.79 bits per heavy atom. The van der Waals surface area contributed by atoms with Gasteiger partial charge in [-0.05, 0) is 18.9 Å². The predicted octanol–water partition coefficient (Wildman–Crippen LogP) is 2.43. The molecule has 0 radical (unpaired) electrons. The van der Waals surface area contributed by atoms with Crippen LogP contribution in [0.25, 0.3) is 0 Å². The summed E-state index contributed by atoms with van der Waals surface area (Å²) in [5.74, 6) is -0.537. The van der Waals surface area contributed by atoms with E-state index in [1.165, 1.54) is 11.3 Å². The highest BCUT2D eigenvalue weighted by Crippen LogP contribution is 2.32. The maximum atomic E-state index is 12.4. The van der Waals surface area contributed by atoms with Crippen molar-refractivity contribution < 1.29 is 14.4 Å². The first-order valence-corrected chi connectivity index (χ1v) is 6.70. The van der Waals surface area contributed by atoms with Crippen molar-refractivity contribution in [3.05, 3.63) is 34.9 Å². The summed E-state index contributed by atoms with van der Waals surface area (Å²) in [4.78, 5) is 37.2. The van der Waals surface area contributed by atoms with E-state index in [1.54, 1.807) is 18.2 Å². The molecule has 0 N–H and O–H groups in total. The molecule has 2 aliphatic rings. The number of hydrogen-bond donors (Lipinski definition) is 0. The van der Waals surface area contributed by atoms with E-state index < -0.39 is 0 Å². The van der Waals surface area contributed by atoms with Crippen molar-refractivity contribution in [1.82, 2.24) is 4.90 Å². The molecule has 19 heavy (non-hydrogen) atoms. The molecule has 4 heteroatoms. The summed E-state index contributed by atoms with van der Waals surface area (Å²) in [5.41, 5.74) is 0.974. The van der Waals surface area contributed by atoms with Gasteiger partial charge in [-0.3, -0.25) is 19.3 Å². The van der Waals surface area contributed by atoms with Crippen LogP contribution in [0.15, 0.2) is 18.2 Å². The summed E-state index contributed by atoms with van der Waals surface area (Å²) < 4.78 is 0. The zero-order valence-electron chi connectivity index (χ0n) is 10.6. The lowest BCUT2D eigenvalue weighted by Gasteiger charge is -2.29. The SMILES string of the molecule is O=Cc1cccc2c1C(=O)N(C1CCCCC1)C2=O. The first kappa shape index (κ1) is 12.1. The van der Waals surface area contributed by atoms with Crippen LogP contribution in [0, 0.1) is 0 Å². The number of benzene rings is 1. The first-order chi connectivity index (χ1) is 9.24. The Morgan fingerprint density at radius 1 is 1.05 bits per heavy atom. The molecule has 1 aliphatic heterocycles. The van der Waals surface area contributed by atoms with Crippen molar-refractivity contribution in [3.8, 4) is 0 Å². The quantitative estimate of drug-likeness (QED) is 0.604. The maximum absolute atomic E-state index is 12.4. The fourth-order valence-corrected chi connectivity index (χ4v) is 3.10. The minimum Gasteiger partial charge on any atom is -0.298 e. The third-order valence-electron chi connectivity index (χ3n) is 4.05. The van der Waals surface area contributed by atoms with E-state index in [-0.39, 0.29) is 23.4 Å². The molecular formula is C15H15NO3. The van der Waals surface area contributed by atoms with Gasteiger partial charge in [0.25, 0.3) is 11.8 Å². The van der Waals surface area contributed by atoms with Gasteiger partial charge >= 0.3 is 0 Å². The third-order valence-corrected chi connectivity index (χ3v) is 4.05. The molecule has 1 fully saturated rings. The summed E-state index contributed by atoms with van der Waals surface area (Å²) in [7, 11) is 0. The molecule has 1 aromatic carbocycles. The smallest absolute Gasteiger partial charge is 0.262 e. The minimum atomic E-state index is -0.297. The van der Waals surface area contributed by atoms with Gasteiger partial charge in [-0.15, -0.1) is 0 Å². The number of imide groups is 1. The van der Waals surface area contributed by atoms with Gasteiger partial charge in [0.15, 0.2) is 6.29 Å². The molecule has 1 aliphatic carbocycles. The number of rotatable bonds is 2. The molecule has 1 heterocycles. The summed E-state index contributed by atoms with van der Waals surface area (Å²) in [6, 6.07) is 4.87. The van der Waals surface area contributed by atoms with Crippen LogP contribution in [-0.4, -0.2) is 29.0 Å². The van der Waals surface area contributed by atoms with Crippen LogP contribution in [0.1, 0.15) is 63.2 Å². The second-order valence-electron chi connectivity index (χ2n) is 5.16. The van der Waals surface area contributed by atoms with Crippen molar-refractivity contribution in [1.29, 1.82) is 0 Å². The van der Waals surface area contributed by atoms with E-state index in [4.69, 9.17) is 0 Å². The van der Waals surface area contributed by atoms with Gasteiger partial charge in [-0.1, -0.05) is 31.4 Å². The second kappa shape index (κ2) is 4.61. The average Bonchev–Trinajstić information content (AvgIpc) is 2.72. The summed E-state index contributed by atoms with van der Waals surface area (Å²) in [6.07, 6.45) is 5.68. The fraction of sp³-hybridized carbons (Fsp3) is 0.400. The second-order valence-corrected chi connectivity index (χ2v) is 5.16. The number of nitrogens with zero attached hydrogens (tertiary/aromatic N) is 1. The van der Waals surface area contributed by atoms with Gasteiger partial charge in [0.05, 0.1) is 11.1 Å². The van der Waals surface area contributed by atoms with Gasteiger partial charge in [-0.25, -0.2) is 0 Å². The zero-order chi connectivity index (χ0) is 13.4. The van der Waals surface area contributed by atoms with Gasteiger partial charge in [0.2, 0.25) is 0 Å². The number of hydrogen-bond acceptors (Lipinski definition) is 3. The monoisotopic (exact) mass is 257 g/mol. The topological polar surface area (TPSA) is 54.5 Å². The Bertz CT molecular complexity index is 559. The number of fused-ring (bicyclic) bond motifs is 1. The average molecular weight is 257 g/mol. The Balaban J connectivity index is 2.01. The van der Waals surface area contributed by atoms with Crippen LogP contribution in [0.5, 0.6) is 0 Å². The molecule has 98 valence electrons. The standard InChI is InChI=1S/C15H15NO3/c17-9-10-5-4-8-12-13(10)15(19)16(14(12)18)11-6-2-1-3-7-11/h4-5,8-9,11H,1-3,6-7H2. The Labute approximate surface area is 111 Å². The number of carbonyl (C=O) groups excluding carboxylic acids is 3. The fourth-order valence-electron chi connectivity index (χ4n) is 3.10. The predicted molar refractivity (Wildman–Crippen MR) is 69.2 cm³/mol. The lowest BCUT2D eigenvalue weighted by molar-refractivity contribution is 0.0548. The van der Waals surface area contributed by atoms with Gasteiger partial charge < -0.3 is 0 Å². The van der Waals surface area contributed by atoms with Crippen molar-refractivity contribution in [2.45, 2.75) is 38.1 Å². The van der Waals surface area contributed by atoms with Gasteiger partial charge in [-0.2, -0.15) is 0 Å². The van der Waals surface area contributed by atoms with Crippen LogP contribution < -0.4 is 0 Å². The summed E-state index contributed by atoms with van der Waals surface area (Å²) >= 11 is 0. The number of amides is 2. The highest BCUT2D eigenvalue weighted by molar-refractivity contribution is 6.23. The molecule has 0 atom stereocenters. The van der Waals surface area contributed by atoms with Crippen LogP contribution in [-0.2, 0) is 0 Å². The van der Waals surface area contributed by atoms with Gasteiger partial charge in [0.1, 0.15) is 0 Å². The zero-order valence-corrected chi connectivity index (χ0v) is 10.6. The van der Waals surface area contributed by atoms with E-state index in [1.807, 2.05) is 0 Å². The molecule has 0 spiro atoms. The third kappa shape index (κ3) is 1.79. The van der Waals surface area contributed by atoms with E-state index in [9.17, 15) is 14.4 Å². The molecule has 0 aromatic heterocycles. The molecule has 0 saturated heterocycles. The normalized spacial score (nSPS) is 19.7. The highest BCUT2D eigenvalue weighted by atomic mass is 16.2. The van der Waals surface area contributed by atoms with Crippen molar-refractivity contribution >= 4 is 18.1 Å². The van der Waals surface area contributed by atoms with Crippen molar-refractivity contribution in [3.63, 3.8) is 0 Å². The number of aldehydes is 1. The Morgan fingerprint density at radius 3 is 2.47 bits per heavy atom. The Kier molecular flexibility index (Phi) is 2.93. The molecular weight excluding hydrogens is 242 g/mol. The molecule has 1 saturated carbocycles. The molecule has 0 unspecified atom stereocenters. The van der Waals surface area contributed by atoms with Crippen LogP contribution in [0.3, 0.4) is 0 Å². The number of carbonyl (C=O) groups is 3. The maximum Gasteiger partial charge on any atom is 0.262 e. The van der Waals surface area contributed by atoms with Crippen LogP contribution in [0.2, 0.25) is 0 Å². The van der Waals surface area contributed by atoms with E-state index >= 15 is 0 Å². The largest absolute Gasteiger partial charge is 0.298 e. The van der Waals surface area contributed by atoms with Crippen molar-refractivity contribution in [2.24, 2.45) is 0 Å². The first-order valence-electron chi connectivity index (χ1n) is 6.70. The molecule has 2 amide bonds. The minimum absolute atomic E-state index is 0.000604. The lowest BCUT2D eigenvalue weighted by atomic mass is 9.94. The van der Waals surface area contributed by atoms with Crippen LogP contribution in [0.4, 0.5) is 0 Å². The molecule has 0 bridgehead atoms. The summed E-state index contributed by atoms with van der Waals surface area (Å²) in [6.45, 7) is 0. The highest BCUT2D eigenvalue weighted by Gasteiger charge is 2.41. The van der Waals surface area contributed by atoms with Crippen LogP contribution >= 0.6 is 0 Å². The molecule has 1 aromatic rings. The van der Waals surface area contributed by atoms with Crippen molar-refractivity contribution in [2.75, 3.05) is 0 Å². The van der Waals surface area contributed by atoms with E-state index in [0.717, 1.165) is 25.7 Å². The summed E-state index contributed by atoms with van der Waals surface area (Å²) in [5, 5.41) is 0.